The third-order valence-electron chi connectivity index (χ3n) is 5.16. The van der Waals surface area contributed by atoms with E-state index in [9.17, 15) is 19.5 Å². The number of anilines is 1. The summed E-state index contributed by atoms with van der Waals surface area (Å²) in [5.41, 5.74) is 1.28. The van der Waals surface area contributed by atoms with Crippen LogP contribution in [0, 0.1) is 13.8 Å². The summed E-state index contributed by atoms with van der Waals surface area (Å²) in [5.74, 6) is -1.13. The van der Waals surface area contributed by atoms with Gasteiger partial charge in [0.1, 0.15) is 23.9 Å². The molecule has 0 heterocycles. The average molecular weight is 504 g/mol. The van der Waals surface area contributed by atoms with Crippen molar-refractivity contribution in [3.05, 3.63) is 58.1 Å². The fraction of sp³-hybridized carbons (Fsp3) is 0.423. The van der Waals surface area contributed by atoms with Crippen LogP contribution in [0.2, 0.25) is 5.02 Å². The Morgan fingerprint density at radius 3 is 2.31 bits per heavy atom. The van der Waals surface area contributed by atoms with Gasteiger partial charge in [-0.15, -0.1) is 0 Å². The molecule has 0 aliphatic carbocycles. The van der Waals surface area contributed by atoms with Gasteiger partial charge in [-0.25, -0.2) is 4.79 Å². The first kappa shape index (κ1) is 28.0. The summed E-state index contributed by atoms with van der Waals surface area (Å²) in [4.78, 5) is 40.3. The van der Waals surface area contributed by atoms with Crippen LogP contribution >= 0.6 is 11.6 Å². The first-order valence-electron chi connectivity index (χ1n) is 11.5. The highest BCUT2D eigenvalue weighted by molar-refractivity contribution is 6.34. The number of nitrogens with one attached hydrogen (secondary N) is 2. The van der Waals surface area contributed by atoms with E-state index < -0.39 is 29.6 Å². The summed E-state index contributed by atoms with van der Waals surface area (Å²) in [6.07, 6.45) is -0.201. The predicted octanol–water partition coefficient (Wildman–Crippen LogP) is 5.11. The lowest BCUT2D eigenvalue weighted by molar-refractivity contribution is -0.138. The molecule has 0 aromatic heterocycles. The van der Waals surface area contributed by atoms with Gasteiger partial charge in [-0.3, -0.25) is 9.59 Å². The molecular formula is C26H34ClN3O5. The molecule has 3 amide bonds. The Labute approximate surface area is 211 Å². The molecule has 35 heavy (non-hydrogen) atoms. The maximum absolute atomic E-state index is 13.6. The van der Waals surface area contributed by atoms with Gasteiger partial charge in [0.05, 0.1) is 10.7 Å². The number of amides is 3. The maximum atomic E-state index is 13.6. The van der Waals surface area contributed by atoms with Gasteiger partial charge in [-0.2, -0.15) is 0 Å². The Morgan fingerprint density at radius 2 is 1.71 bits per heavy atom. The highest BCUT2D eigenvalue weighted by Crippen LogP contribution is 2.34. The molecule has 0 fully saturated rings. The molecule has 0 saturated heterocycles. The Kier molecular flexibility index (Phi) is 9.54. The average Bonchev–Trinajstić information content (AvgIpc) is 2.76. The molecule has 0 spiro atoms. The molecule has 2 rings (SSSR count). The molecule has 190 valence electrons. The summed E-state index contributed by atoms with van der Waals surface area (Å²) in [5, 5.41) is 16.4. The highest BCUT2D eigenvalue weighted by atomic mass is 35.5. The molecule has 3 N–H and O–H groups in total. The highest BCUT2D eigenvalue weighted by Gasteiger charge is 2.34. The van der Waals surface area contributed by atoms with Crippen LogP contribution < -0.4 is 10.6 Å². The zero-order valence-corrected chi connectivity index (χ0v) is 21.8. The Morgan fingerprint density at radius 1 is 1.09 bits per heavy atom. The van der Waals surface area contributed by atoms with Crippen LogP contribution in [-0.4, -0.2) is 46.6 Å². The molecule has 2 aromatic rings. The molecule has 9 heteroatoms. The molecule has 8 nitrogen and oxygen atoms in total. The normalized spacial score (nSPS) is 12.0. The quantitative estimate of drug-likeness (QED) is 0.464. The van der Waals surface area contributed by atoms with Crippen LogP contribution in [0.15, 0.2) is 36.4 Å². The summed E-state index contributed by atoms with van der Waals surface area (Å²) in [6.45, 7) is 10.4. The van der Waals surface area contributed by atoms with E-state index in [0.717, 1.165) is 5.56 Å². The monoisotopic (exact) mass is 503 g/mol. The lowest BCUT2D eigenvalue weighted by Gasteiger charge is -2.32. The van der Waals surface area contributed by atoms with Crippen molar-refractivity contribution >= 4 is 35.2 Å². The molecule has 0 saturated carbocycles. The van der Waals surface area contributed by atoms with Crippen LogP contribution in [0.3, 0.4) is 0 Å². The first-order chi connectivity index (χ1) is 16.4. The summed E-state index contributed by atoms with van der Waals surface area (Å²) in [7, 11) is 0. The van der Waals surface area contributed by atoms with Gasteiger partial charge in [-0.1, -0.05) is 48.9 Å². The molecule has 2 aromatic carbocycles. The number of phenolic OH excluding ortho intramolecular Hbond substituents is 1. The zero-order chi connectivity index (χ0) is 26.3. The Hall–Kier alpha value is -3.26. The molecule has 1 unspecified atom stereocenters. The van der Waals surface area contributed by atoms with Crippen molar-refractivity contribution in [1.82, 2.24) is 10.2 Å². The van der Waals surface area contributed by atoms with Crippen molar-refractivity contribution in [2.45, 2.75) is 59.6 Å². The third-order valence-corrected chi connectivity index (χ3v) is 5.48. The molecule has 0 aliphatic rings. The predicted molar refractivity (Wildman–Crippen MR) is 137 cm³/mol. The maximum Gasteiger partial charge on any atom is 0.408 e. The van der Waals surface area contributed by atoms with Crippen molar-refractivity contribution in [1.29, 1.82) is 0 Å². The number of aryl methyl sites for hydroxylation is 2. The van der Waals surface area contributed by atoms with Crippen LogP contribution in [0.5, 0.6) is 5.75 Å². The number of ether oxygens (including phenoxy) is 1. The van der Waals surface area contributed by atoms with Crippen molar-refractivity contribution < 1.29 is 24.2 Å². The fourth-order valence-corrected chi connectivity index (χ4v) is 3.81. The van der Waals surface area contributed by atoms with E-state index >= 15 is 0 Å². The number of carbonyl (C=O) groups excluding carboxylic acids is 3. The lowest BCUT2D eigenvalue weighted by atomic mass is 9.99. The number of para-hydroxylation sites is 2. The third kappa shape index (κ3) is 7.62. The number of carbonyl (C=O) groups is 3. The van der Waals surface area contributed by atoms with E-state index in [-0.39, 0.29) is 24.4 Å². The van der Waals surface area contributed by atoms with E-state index in [1.165, 1.54) is 4.90 Å². The van der Waals surface area contributed by atoms with Crippen LogP contribution in [0.25, 0.3) is 0 Å². The number of phenols is 1. The van der Waals surface area contributed by atoms with E-state index in [4.69, 9.17) is 16.3 Å². The van der Waals surface area contributed by atoms with Gasteiger partial charge in [-0.05, 0) is 58.2 Å². The second kappa shape index (κ2) is 11.9. The van der Waals surface area contributed by atoms with Gasteiger partial charge < -0.3 is 25.4 Å². The SMILES string of the molecule is CCCN(C(=O)CNC(=O)OC(C)(C)C)C(C(=O)Nc1c(C)cccc1Cl)c1cccc(C)c1O. The minimum absolute atomic E-state index is 0.0856. The molecule has 0 bridgehead atoms. The van der Waals surface area contributed by atoms with Crippen molar-refractivity contribution in [2.75, 3.05) is 18.4 Å². The number of hydrogen-bond acceptors (Lipinski definition) is 5. The largest absolute Gasteiger partial charge is 0.507 e. The lowest BCUT2D eigenvalue weighted by Crippen LogP contribution is -2.47. The van der Waals surface area contributed by atoms with Crippen molar-refractivity contribution in [2.24, 2.45) is 0 Å². The van der Waals surface area contributed by atoms with Crippen LogP contribution in [-0.2, 0) is 14.3 Å². The summed E-state index contributed by atoms with van der Waals surface area (Å²) < 4.78 is 5.21. The second-order valence-corrected chi connectivity index (χ2v) is 9.69. The Balaban J connectivity index is 2.44. The minimum Gasteiger partial charge on any atom is -0.507 e. The smallest absolute Gasteiger partial charge is 0.408 e. The van der Waals surface area contributed by atoms with E-state index in [2.05, 4.69) is 10.6 Å². The molecule has 0 aliphatic heterocycles. The number of hydrogen-bond donors (Lipinski definition) is 3. The number of halogens is 1. The van der Waals surface area contributed by atoms with Crippen molar-refractivity contribution in [3.8, 4) is 5.75 Å². The van der Waals surface area contributed by atoms with Crippen LogP contribution in [0.1, 0.15) is 56.8 Å². The molecular weight excluding hydrogens is 470 g/mol. The Bertz CT molecular complexity index is 1060. The van der Waals surface area contributed by atoms with E-state index in [1.807, 2.05) is 6.92 Å². The fourth-order valence-electron chi connectivity index (χ4n) is 3.54. The minimum atomic E-state index is -1.17. The number of aromatic hydroxyl groups is 1. The van der Waals surface area contributed by atoms with E-state index in [1.54, 1.807) is 71.0 Å². The van der Waals surface area contributed by atoms with Gasteiger partial charge in [0.15, 0.2) is 0 Å². The first-order valence-corrected chi connectivity index (χ1v) is 11.8. The van der Waals surface area contributed by atoms with Gasteiger partial charge in [0.25, 0.3) is 5.91 Å². The standard InChI is InChI=1S/C26H34ClN3O5/c1-7-14-30(20(31)15-28-25(34)35-26(4,5)6)22(18-12-8-11-17(3)23(18)32)24(33)29-21-16(2)10-9-13-19(21)27/h8-13,22,32H,7,14-15H2,1-6H3,(H,28,34)(H,29,33). The topological polar surface area (TPSA) is 108 Å². The summed E-state index contributed by atoms with van der Waals surface area (Å²) >= 11 is 6.32. The van der Waals surface area contributed by atoms with Gasteiger partial charge >= 0.3 is 6.09 Å². The number of rotatable bonds is 8. The van der Waals surface area contributed by atoms with Crippen molar-refractivity contribution in [3.63, 3.8) is 0 Å². The number of benzene rings is 2. The van der Waals surface area contributed by atoms with E-state index in [0.29, 0.717) is 22.7 Å². The second-order valence-electron chi connectivity index (χ2n) is 9.28. The summed E-state index contributed by atoms with van der Waals surface area (Å²) in [6, 6.07) is 9.08. The zero-order valence-electron chi connectivity index (χ0n) is 21.1. The van der Waals surface area contributed by atoms with Crippen LogP contribution in [0.4, 0.5) is 10.5 Å². The molecule has 1 atom stereocenters. The van der Waals surface area contributed by atoms with Gasteiger partial charge in [0.2, 0.25) is 5.91 Å². The van der Waals surface area contributed by atoms with Gasteiger partial charge in [0, 0.05) is 12.1 Å². The molecule has 0 radical (unpaired) electrons. The number of alkyl carbamates (subject to hydrolysis) is 1. The number of nitrogens with zero attached hydrogens (tertiary/aromatic N) is 1.